The summed E-state index contributed by atoms with van der Waals surface area (Å²) in [4.78, 5) is 13.7. The Kier molecular flexibility index (Phi) is 5.23. The van der Waals surface area contributed by atoms with Crippen LogP contribution >= 0.6 is 11.3 Å². The van der Waals surface area contributed by atoms with Crippen LogP contribution in [0, 0.1) is 0 Å². The minimum atomic E-state index is -4.50. The molecule has 3 aromatic heterocycles. The molecule has 2 aliphatic rings. The standard InChI is InChI=1S/C20H24F3N7S/c1-2-5-13-10-14-16(25-19(26-17(14)31-13)24-12-6-3-4-7-12)29-8-9-30-15(11-29)27-28-18(30)20(21,22)23/h10,12H,2-9,11H2,1H3,(H,24,25,26). The van der Waals surface area contributed by atoms with Gasteiger partial charge in [-0.15, -0.1) is 21.5 Å². The summed E-state index contributed by atoms with van der Waals surface area (Å²) in [5.74, 6) is 0.730. The third-order valence-corrected chi connectivity index (χ3v) is 7.00. The molecule has 0 bridgehead atoms. The maximum atomic E-state index is 13.2. The largest absolute Gasteiger partial charge is 0.451 e. The molecular formula is C20H24F3N7S. The fourth-order valence-corrected chi connectivity index (χ4v) is 5.56. The molecule has 1 aliphatic heterocycles. The van der Waals surface area contributed by atoms with E-state index in [1.54, 1.807) is 11.3 Å². The zero-order valence-corrected chi connectivity index (χ0v) is 18.1. The zero-order valence-electron chi connectivity index (χ0n) is 17.2. The molecule has 1 N–H and O–H groups in total. The van der Waals surface area contributed by atoms with Crippen molar-refractivity contribution >= 4 is 33.3 Å². The van der Waals surface area contributed by atoms with E-state index in [1.165, 1.54) is 22.3 Å². The maximum absolute atomic E-state index is 13.2. The van der Waals surface area contributed by atoms with Crippen LogP contribution in [0.25, 0.3) is 10.2 Å². The average Bonchev–Trinajstić information content (AvgIpc) is 3.45. The first-order valence-corrected chi connectivity index (χ1v) is 11.5. The van der Waals surface area contributed by atoms with Crippen LogP contribution < -0.4 is 10.2 Å². The zero-order chi connectivity index (χ0) is 21.6. The molecule has 1 fully saturated rings. The van der Waals surface area contributed by atoms with E-state index in [0.29, 0.717) is 24.4 Å². The lowest BCUT2D eigenvalue weighted by Gasteiger charge is -2.29. The Morgan fingerprint density at radius 1 is 1.16 bits per heavy atom. The number of rotatable bonds is 5. The third kappa shape index (κ3) is 3.95. The number of anilines is 2. The molecule has 0 radical (unpaired) electrons. The van der Waals surface area contributed by atoms with Crippen LogP contribution in [0.5, 0.6) is 0 Å². The molecule has 0 saturated heterocycles. The molecule has 31 heavy (non-hydrogen) atoms. The monoisotopic (exact) mass is 451 g/mol. The molecule has 1 saturated carbocycles. The summed E-state index contributed by atoms with van der Waals surface area (Å²) in [6.45, 7) is 2.94. The Balaban J connectivity index is 1.51. The van der Waals surface area contributed by atoms with Crippen molar-refractivity contribution in [1.82, 2.24) is 24.7 Å². The highest BCUT2D eigenvalue weighted by Crippen LogP contribution is 2.36. The van der Waals surface area contributed by atoms with Gasteiger partial charge in [0.2, 0.25) is 11.8 Å². The van der Waals surface area contributed by atoms with Gasteiger partial charge in [-0.3, -0.25) is 0 Å². The van der Waals surface area contributed by atoms with Crippen LogP contribution in [0.2, 0.25) is 0 Å². The van der Waals surface area contributed by atoms with Gasteiger partial charge in [0.1, 0.15) is 10.6 Å². The Bertz CT molecular complexity index is 1080. The van der Waals surface area contributed by atoms with Crippen molar-refractivity contribution in [2.75, 3.05) is 16.8 Å². The van der Waals surface area contributed by atoms with E-state index in [0.717, 1.165) is 41.7 Å². The first-order chi connectivity index (χ1) is 14.9. The van der Waals surface area contributed by atoms with Gasteiger partial charge < -0.3 is 14.8 Å². The number of nitrogens with zero attached hydrogens (tertiary/aromatic N) is 6. The van der Waals surface area contributed by atoms with Gasteiger partial charge in [-0.05, 0) is 25.3 Å². The number of alkyl halides is 3. The van der Waals surface area contributed by atoms with Crippen molar-refractivity contribution in [3.05, 3.63) is 22.6 Å². The lowest BCUT2D eigenvalue weighted by atomic mass is 10.2. The van der Waals surface area contributed by atoms with E-state index in [1.807, 2.05) is 4.90 Å². The van der Waals surface area contributed by atoms with Crippen LogP contribution in [0.1, 0.15) is 55.6 Å². The highest BCUT2D eigenvalue weighted by atomic mass is 32.1. The quantitative estimate of drug-likeness (QED) is 0.610. The van der Waals surface area contributed by atoms with Crippen molar-refractivity contribution in [2.24, 2.45) is 0 Å². The van der Waals surface area contributed by atoms with Crippen LogP contribution in [0.4, 0.5) is 24.9 Å². The predicted octanol–water partition coefficient (Wildman–Crippen LogP) is 4.63. The highest BCUT2D eigenvalue weighted by molar-refractivity contribution is 7.18. The van der Waals surface area contributed by atoms with Gasteiger partial charge in [-0.2, -0.15) is 18.2 Å². The number of halogens is 3. The molecule has 0 amide bonds. The molecule has 0 spiro atoms. The van der Waals surface area contributed by atoms with Crippen LogP contribution in [-0.4, -0.2) is 37.3 Å². The Labute approximate surface area is 181 Å². The summed E-state index contributed by atoms with van der Waals surface area (Å²) in [5, 5.41) is 11.6. The molecule has 11 heteroatoms. The molecule has 5 rings (SSSR count). The van der Waals surface area contributed by atoms with E-state index < -0.39 is 12.0 Å². The van der Waals surface area contributed by atoms with E-state index in [2.05, 4.69) is 28.5 Å². The summed E-state index contributed by atoms with van der Waals surface area (Å²) >= 11 is 1.67. The third-order valence-electron chi connectivity index (χ3n) is 5.91. The van der Waals surface area contributed by atoms with Crippen molar-refractivity contribution in [3.8, 4) is 0 Å². The number of hydrogen-bond acceptors (Lipinski definition) is 7. The number of thiophene rings is 1. The van der Waals surface area contributed by atoms with Crippen LogP contribution in [0.15, 0.2) is 6.07 Å². The topological polar surface area (TPSA) is 71.8 Å². The van der Waals surface area contributed by atoms with E-state index in [-0.39, 0.29) is 13.1 Å². The first kappa shape index (κ1) is 20.5. The van der Waals surface area contributed by atoms with Crippen LogP contribution in [0.3, 0.4) is 0 Å². The summed E-state index contributed by atoms with van der Waals surface area (Å²) in [5.41, 5.74) is 0. The summed E-state index contributed by atoms with van der Waals surface area (Å²) in [7, 11) is 0. The minimum Gasteiger partial charge on any atom is -0.351 e. The molecule has 4 heterocycles. The smallest absolute Gasteiger partial charge is 0.351 e. The van der Waals surface area contributed by atoms with Gasteiger partial charge in [-0.25, -0.2) is 4.98 Å². The predicted molar refractivity (Wildman–Crippen MR) is 113 cm³/mol. The second-order valence-electron chi connectivity index (χ2n) is 8.19. The van der Waals surface area contributed by atoms with Gasteiger partial charge in [0.15, 0.2) is 5.82 Å². The van der Waals surface area contributed by atoms with E-state index >= 15 is 0 Å². The summed E-state index contributed by atoms with van der Waals surface area (Å²) in [6, 6.07) is 2.50. The van der Waals surface area contributed by atoms with Crippen molar-refractivity contribution in [3.63, 3.8) is 0 Å². The fourth-order valence-electron chi connectivity index (χ4n) is 4.43. The lowest BCUT2D eigenvalue weighted by molar-refractivity contribution is -0.147. The molecule has 7 nitrogen and oxygen atoms in total. The van der Waals surface area contributed by atoms with E-state index in [9.17, 15) is 13.2 Å². The van der Waals surface area contributed by atoms with Gasteiger partial charge in [-0.1, -0.05) is 26.2 Å². The average molecular weight is 452 g/mol. The SMILES string of the molecule is CCCc1cc2c(N3CCn4c(nnc4C(F)(F)F)C3)nc(NC3CCCC3)nc2s1. The number of aryl methyl sites for hydroxylation is 1. The number of fused-ring (bicyclic) bond motifs is 2. The fraction of sp³-hybridized carbons (Fsp3) is 0.600. The minimum absolute atomic E-state index is 0.167. The number of nitrogens with one attached hydrogen (secondary N) is 1. The van der Waals surface area contributed by atoms with Crippen molar-refractivity contribution in [2.45, 2.75) is 70.8 Å². The van der Waals surface area contributed by atoms with Crippen molar-refractivity contribution in [1.29, 1.82) is 0 Å². The molecule has 0 aromatic carbocycles. The highest BCUT2D eigenvalue weighted by Gasteiger charge is 2.39. The van der Waals surface area contributed by atoms with E-state index in [4.69, 9.17) is 9.97 Å². The molecular weight excluding hydrogens is 427 g/mol. The molecule has 0 atom stereocenters. The Morgan fingerprint density at radius 3 is 2.71 bits per heavy atom. The van der Waals surface area contributed by atoms with Gasteiger partial charge >= 0.3 is 6.18 Å². The maximum Gasteiger partial charge on any atom is 0.451 e. The number of hydrogen-bond donors (Lipinski definition) is 1. The summed E-state index contributed by atoms with van der Waals surface area (Å²) < 4.78 is 40.8. The van der Waals surface area contributed by atoms with Gasteiger partial charge in [0.05, 0.1) is 11.9 Å². The normalized spacial score (nSPS) is 17.5. The lowest BCUT2D eigenvalue weighted by Crippen LogP contribution is -2.36. The summed E-state index contributed by atoms with van der Waals surface area (Å²) in [6.07, 6.45) is 2.12. The Hall–Kier alpha value is -2.43. The molecule has 0 unspecified atom stereocenters. The Morgan fingerprint density at radius 2 is 1.97 bits per heavy atom. The van der Waals surface area contributed by atoms with Crippen molar-refractivity contribution < 1.29 is 13.2 Å². The number of aromatic nitrogens is 5. The second kappa shape index (κ2) is 7.92. The molecule has 3 aromatic rings. The van der Waals surface area contributed by atoms with Gasteiger partial charge in [0.25, 0.3) is 0 Å². The molecule has 166 valence electrons. The first-order valence-electron chi connectivity index (χ1n) is 10.7. The van der Waals surface area contributed by atoms with Gasteiger partial charge in [0, 0.05) is 24.0 Å². The molecule has 1 aliphatic carbocycles. The second-order valence-corrected chi connectivity index (χ2v) is 9.30. The van der Waals surface area contributed by atoms with Crippen LogP contribution in [-0.2, 0) is 25.7 Å².